The van der Waals surface area contributed by atoms with Crippen LogP contribution in [0.4, 0.5) is 0 Å². The van der Waals surface area contributed by atoms with E-state index < -0.39 is 0 Å². The van der Waals surface area contributed by atoms with Crippen molar-refractivity contribution in [3.05, 3.63) is 113 Å². The average molecular weight is 447 g/mol. The van der Waals surface area contributed by atoms with Crippen molar-refractivity contribution in [2.45, 2.75) is 16.2 Å². The van der Waals surface area contributed by atoms with Crippen LogP contribution in [0.3, 0.4) is 0 Å². The predicted octanol–water partition coefficient (Wildman–Crippen LogP) is 6.00. The van der Waals surface area contributed by atoms with E-state index in [2.05, 4.69) is 17.1 Å². The first-order valence-electron chi connectivity index (χ1n) is 9.58. The zero-order valence-corrected chi connectivity index (χ0v) is 18.4. The van der Waals surface area contributed by atoms with Gasteiger partial charge in [0.1, 0.15) is 5.75 Å². The number of aromatic hydroxyl groups is 1. The van der Waals surface area contributed by atoms with Crippen LogP contribution in [0.2, 0.25) is 0 Å². The molecule has 0 aliphatic carbocycles. The second-order valence-corrected chi connectivity index (χ2v) is 8.86. The van der Waals surface area contributed by atoms with Crippen LogP contribution in [0, 0.1) is 0 Å². The lowest BCUT2D eigenvalue weighted by Gasteiger charge is -2.07. The van der Waals surface area contributed by atoms with Crippen LogP contribution < -0.4 is 5.43 Å². The number of thioether (sulfide) groups is 2. The number of nitrogens with one attached hydrogen (secondary N) is 1. The molecular weight excluding hydrogens is 424 g/mol. The molecule has 2 N–H and O–H groups in total. The first kappa shape index (κ1) is 22.5. The van der Waals surface area contributed by atoms with Gasteiger partial charge in [-0.3, -0.25) is 4.79 Å². The summed E-state index contributed by atoms with van der Waals surface area (Å²) in [4.78, 5) is 14.6. The standard InChI is InChI=1S/C25H22N2O2S2/c1-2-10-19-11-9-12-20(25(19)29)18-26-27-23(28)17-24(30-21-13-5-3-6-14-21)31-22-15-7-4-8-16-22/h2-9,11-18,29H,1,10H2,(H,27,28)/b26-18-. The van der Waals surface area contributed by atoms with Gasteiger partial charge in [-0.15, -0.1) is 6.58 Å². The minimum absolute atomic E-state index is 0.135. The van der Waals surface area contributed by atoms with Crippen LogP contribution in [0.15, 0.2) is 117 Å². The second-order valence-electron chi connectivity index (χ2n) is 6.38. The normalized spacial score (nSPS) is 10.6. The first-order chi connectivity index (χ1) is 15.2. The van der Waals surface area contributed by atoms with E-state index in [1.807, 2.05) is 72.8 Å². The number of hydrogen-bond acceptors (Lipinski definition) is 5. The molecule has 0 fully saturated rings. The highest BCUT2D eigenvalue weighted by Crippen LogP contribution is 2.38. The Morgan fingerprint density at radius 1 is 0.935 bits per heavy atom. The van der Waals surface area contributed by atoms with Crippen LogP contribution in [-0.2, 0) is 11.2 Å². The first-order valence-corrected chi connectivity index (χ1v) is 11.2. The van der Waals surface area contributed by atoms with Crippen molar-refractivity contribution in [3.8, 4) is 5.75 Å². The lowest BCUT2D eigenvalue weighted by Crippen LogP contribution is -2.14. The van der Waals surface area contributed by atoms with Gasteiger partial charge in [-0.1, -0.05) is 78.1 Å². The lowest BCUT2D eigenvalue weighted by molar-refractivity contribution is -0.116. The van der Waals surface area contributed by atoms with E-state index in [-0.39, 0.29) is 11.7 Å². The molecule has 0 bridgehead atoms. The van der Waals surface area contributed by atoms with E-state index in [4.69, 9.17) is 0 Å². The molecule has 156 valence electrons. The summed E-state index contributed by atoms with van der Waals surface area (Å²) >= 11 is 3.03. The predicted molar refractivity (Wildman–Crippen MR) is 130 cm³/mol. The summed E-state index contributed by atoms with van der Waals surface area (Å²) in [7, 11) is 0. The fourth-order valence-electron chi connectivity index (χ4n) is 2.63. The lowest BCUT2D eigenvalue weighted by atomic mass is 10.1. The maximum atomic E-state index is 12.5. The Bertz CT molecular complexity index is 1040. The summed E-state index contributed by atoms with van der Waals surface area (Å²) in [6, 6.07) is 25.1. The number of phenols is 1. The molecule has 0 aliphatic rings. The summed E-state index contributed by atoms with van der Waals surface area (Å²) in [5.41, 5.74) is 3.79. The Labute approximate surface area is 190 Å². The smallest absolute Gasteiger partial charge is 0.265 e. The van der Waals surface area contributed by atoms with E-state index >= 15 is 0 Å². The molecule has 3 aromatic carbocycles. The molecule has 31 heavy (non-hydrogen) atoms. The minimum Gasteiger partial charge on any atom is -0.507 e. The molecule has 0 aromatic heterocycles. The van der Waals surface area contributed by atoms with Crippen molar-refractivity contribution in [1.29, 1.82) is 0 Å². The topological polar surface area (TPSA) is 61.7 Å². The summed E-state index contributed by atoms with van der Waals surface area (Å²) < 4.78 is 0.820. The van der Waals surface area contributed by atoms with Crippen LogP contribution in [0.5, 0.6) is 5.75 Å². The van der Waals surface area contributed by atoms with Gasteiger partial charge < -0.3 is 5.11 Å². The van der Waals surface area contributed by atoms with E-state index in [9.17, 15) is 9.90 Å². The van der Waals surface area contributed by atoms with Crippen LogP contribution in [0.25, 0.3) is 0 Å². The third-order valence-corrected chi connectivity index (χ3v) is 6.22. The number of allylic oxidation sites excluding steroid dienone is 1. The van der Waals surface area contributed by atoms with Crippen molar-refractivity contribution in [2.24, 2.45) is 5.10 Å². The van der Waals surface area contributed by atoms with E-state index in [1.54, 1.807) is 12.1 Å². The molecule has 0 saturated heterocycles. The molecule has 3 rings (SSSR count). The molecule has 0 radical (unpaired) electrons. The molecule has 0 atom stereocenters. The maximum absolute atomic E-state index is 12.5. The molecular formula is C25H22N2O2S2. The third kappa shape index (κ3) is 7.20. The van der Waals surface area contributed by atoms with Crippen molar-refractivity contribution in [3.63, 3.8) is 0 Å². The minimum atomic E-state index is -0.347. The van der Waals surface area contributed by atoms with Gasteiger partial charge in [0.25, 0.3) is 5.91 Å². The average Bonchev–Trinajstić information content (AvgIpc) is 2.78. The van der Waals surface area contributed by atoms with E-state index in [1.165, 1.54) is 35.8 Å². The number of para-hydroxylation sites is 1. The van der Waals surface area contributed by atoms with Gasteiger partial charge in [0, 0.05) is 21.4 Å². The number of amides is 1. The summed E-state index contributed by atoms with van der Waals surface area (Å²) in [6.07, 6.45) is 5.24. The van der Waals surface area contributed by atoms with Crippen molar-refractivity contribution < 1.29 is 9.90 Å². The fraction of sp³-hybridized carbons (Fsp3) is 0.0400. The zero-order valence-electron chi connectivity index (χ0n) is 16.8. The number of phenolic OH excluding ortho intramolecular Hbond substituents is 1. The Balaban J connectivity index is 1.72. The Hall–Kier alpha value is -3.22. The third-order valence-electron chi connectivity index (χ3n) is 4.07. The molecule has 6 heteroatoms. The van der Waals surface area contributed by atoms with Gasteiger partial charge in [-0.2, -0.15) is 5.10 Å². The monoisotopic (exact) mass is 446 g/mol. The molecule has 3 aromatic rings. The summed E-state index contributed by atoms with van der Waals surface area (Å²) in [6.45, 7) is 3.69. The second kappa shape index (κ2) is 11.8. The maximum Gasteiger partial charge on any atom is 0.265 e. The number of hydrogen-bond donors (Lipinski definition) is 2. The highest BCUT2D eigenvalue weighted by atomic mass is 32.2. The SMILES string of the molecule is C=CCc1cccc(/C=N\NC(=O)C=C(Sc2ccccc2)Sc2ccccc2)c1O. The quantitative estimate of drug-likeness (QED) is 0.139. The van der Waals surface area contributed by atoms with Gasteiger partial charge >= 0.3 is 0 Å². The van der Waals surface area contributed by atoms with Crippen LogP contribution >= 0.6 is 23.5 Å². The summed E-state index contributed by atoms with van der Waals surface area (Å²) in [5.74, 6) is -0.212. The Kier molecular flexibility index (Phi) is 8.58. The molecule has 4 nitrogen and oxygen atoms in total. The van der Waals surface area contributed by atoms with Crippen molar-refractivity contribution in [2.75, 3.05) is 0 Å². The van der Waals surface area contributed by atoms with Gasteiger partial charge in [0.15, 0.2) is 0 Å². The number of carbonyl (C=O) groups excluding carboxylic acids is 1. The Morgan fingerprint density at radius 2 is 1.55 bits per heavy atom. The van der Waals surface area contributed by atoms with Gasteiger partial charge in [0.05, 0.1) is 10.5 Å². The summed E-state index contributed by atoms with van der Waals surface area (Å²) in [5, 5.41) is 14.3. The fourth-order valence-corrected chi connectivity index (χ4v) is 4.76. The number of hydrazone groups is 1. The van der Waals surface area contributed by atoms with Gasteiger partial charge in [-0.05, 0) is 42.3 Å². The number of rotatable bonds is 9. The van der Waals surface area contributed by atoms with E-state index in [0.29, 0.717) is 12.0 Å². The van der Waals surface area contributed by atoms with Crippen molar-refractivity contribution in [1.82, 2.24) is 5.43 Å². The highest BCUT2D eigenvalue weighted by Gasteiger charge is 2.08. The number of benzene rings is 3. The molecule has 0 saturated carbocycles. The largest absolute Gasteiger partial charge is 0.507 e. The molecule has 0 spiro atoms. The highest BCUT2D eigenvalue weighted by molar-refractivity contribution is 8.22. The number of nitrogens with zero attached hydrogens (tertiary/aromatic N) is 1. The van der Waals surface area contributed by atoms with Crippen LogP contribution in [-0.4, -0.2) is 17.2 Å². The molecule has 1 amide bonds. The molecule has 0 unspecified atom stereocenters. The molecule has 0 heterocycles. The molecule has 0 aliphatic heterocycles. The van der Waals surface area contributed by atoms with Crippen LogP contribution in [0.1, 0.15) is 11.1 Å². The van der Waals surface area contributed by atoms with Gasteiger partial charge in [0.2, 0.25) is 0 Å². The van der Waals surface area contributed by atoms with Gasteiger partial charge in [-0.25, -0.2) is 5.43 Å². The van der Waals surface area contributed by atoms with E-state index in [0.717, 1.165) is 19.6 Å². The number of carbonyl (C=O) groups is 1. The Morgan fingerprint density at radius 3 is 2.13 bits per heavy atom. The zero-order chi connectivity index (χ0) is 21.9. The van der Waals surface area contributed by atoms with Crippen molar-refractivity contribution >= 4 is 35.6 Å².